The number of aliphatic carboxylic acids is 1. The number of carbonyl (C=O) groups is 1. The lowest BCUT2D eigenvalue weighted by Crippen LogP contribution is -2.26. The fourth-order valence-electron chi connectivity index (χ4n) is 1.19. The maximum atomic E-state index is 11.8. The first kappa shape index (κ1) is 14.0. The van der Waals surface area contributed by atoms with Gasteiger partial charge < -0.3 is 5.11 Å². The lowest BCUT2D eigenvalue weighted by Gasteiger charge is -2.07. The maximum absolute atomic E-state index is 11.8. The smallest absolute Gasteiger partial charge is 0.304 e. The van der Waals surface area contributed by atoms with Crippen molar-refractivity contribution in [1.82, 2.24) is 4.72 Å². The van der Waals surface area contributed by atoms with Crippen molar-refractivity contribution in [2.45, 2.75) is 18.2 Å². The molecule has 0 spiro atoms. The number of sulfonamides is 1. The molecule has 1 rings (SSSR count). The van der Waals surface area contributed by atoms with Gasteiger partial charge in [0.05, 0.1) is 11.4 Å². The minimum Gasteiger partial charge on any atom is -0.481 e. The molecule has 0 aromatic heterocycles. The third-order valence-electron chi connectivity index (χ3n) is 2.01. The van der Waals surface area contributed by atoms with Crippen molar-refractivity contribution < 1.29 is 18.3 Å². The molecule has 2 N–H and O–H groups in total. The molecular formula is C10H12ClNO4S. The molecule has 0 saturated carbocycles. The standard InChI is InChI=1S/C10H12ClNO4S/c1-7-2-3-9(8(11)6-7)17(15,16)12-5-4-10(13)14/h2-3,6,12H,4-5H2,1H3,(H,13,14). The number of hydrogen-bond donors (Lipinski definition) is 2. The predicted octanol–water partition coefficient (Wildman–Crippen LogP) is 1.40. The van der Waals surface area contributed by atoms with E-state index in [1.165, 1.54) is 12.1 Å². The molecular weight excluding hydrogens is 266 g/mol. The predicted molar refractivity (Wildman–Crippen MR) is 63.6 cm³/mol. The normalized spacial score (nSPS) is 11.4. The minimum atomic E-state index is -3.75. The molecule has 5 nitrogen and oxygen atoms in total. The monoisotopic (exact) mass is 277 g/mol. The van der Waals surface area contributed by atoms with E-state index in [-0.39, 0.29) is 22.9 Å². The van der Waals surface area contributed by atoms with Gasteiger partial charge in [0.1, 0.15) is 4.90 Å². The number of benzene rings is 1. The summed E-state index contributed by atoms with van der Waals surface area (Å²) in [6.45, 7) is 1.63. The zero-order valence-corrected chi connectivity index (χ0v) is 10.7. The Morgan fingerprint density at radius 3 is 2.65 bits per heavy atom. The molecule has 0 radical (unpaired) electrons. The van der Waals surface area contributed by atoms with Gasteiger partial charge >= 0.3 is 5.97 Å². The topological polar surface area (TPSA) is 83.5 Å². The minimum absolute atomic E-state index is 0.0462. The molecule has 0 saturated heterocycles. The number of rotatable bonds is 5. The number of halogens is 1. The summed E-state index contributed by atoms with van der Waals surface area (Å²) >= 11 is 5.82. The highest BCUT2D eigenvalue weighted by Crippen LogP contribution is 2.22. The van der Waals surface area contributed by atoms with Crippen LogP contribution in [-0.4, -0.2) is 26.0 Å². The Bertz CT molecular complexity index is 527. The highest BCUT2D eigenvalue weighted by molar-refractivity contribution is 7.89. The van der Waals surface area contributed by atoms with Gasteiger partial charge in [-0.1, -0.05) is 17.7 Å². The van der Waals surface area contributed by atoms with Gasteiger partial charge in [0.25, 0.3) is 0 Å². The van der Waals surface area contributed by atoms with Crippen molar-refractivity contribution in [1.29, 1.82) is 0 Å². The second-order valence-electron chi connectivity index (χ2n) is 3.48. The largest absolute Gasteiger partial charge is 0.481 e. The fraction of sp³-hybridized carbons (Fsp3) is 0.300. The highest BCUT2D eigenvalue weighted by atomic mass is 35.5. The summed E-state index contributed by atoms with van der Waals surface area (Å²) in [7, 11) is -3.75. The zero-order valence-electron chi connectivity index (χ0n) is 9.10. The van der Waals surface area contributed by atoms with Crippen LogP contribution in [0.4, 0.5) is 0 Å². The average Bonchev–Trinajstić information content (AvgIpc) is 2.15. The first-order chi connectivity index (χ1) is 7.83. The summed E-state index contributed by atoms with van der Waals surface area (Å²) in [5.41, 5.74) is 0.847. The van der Waals surface area contributed by atoms with Gasteiger partial charge in [0.2, 0.25) is 10.0 Å². The Morgan fingerprint density at radius 2 is 2.12 bits per heavy atom. The number of carboxylic acid groups (broad SMARTS) is 1. The molecule has 0 heterocycles. The van der Waals surface area contributed by atoms with E-state index in [1.54, 1.807) is 13.0 Å². The van der Waals surface area contributed by atoms with E-state index in [4.69, 9.17) is 16.7 Å². The van der Waals surface area contributed by atoms with Gasteiger partial charge in [-0.3, -0.25) is 4.79 Å². The van der Waals surface area contributed by atoms with E-state index in [0.717, 1.165) is 5.56 Å². The molecule has 0 aliphatic carbocycles. The summed E-state index contributed by atoms with van der Waals surface area (Å²) in [4.78, 5) is 10.2. The van der Waals surface area contributed by atoms with Crippen LogP contribution in [0.25, 0.3) is 0 Å². The molecule has 7 heteroatoms. The third-order valence-corrected chi connectivity index (χ3v) is 3.95. The van der Waals surface area contributed by atoms with Crippen molar-refractivity contribution in [3.63, 3.8) is 0 Å². The van der Waals surface area contributed by atoms with Crippen molar-refractivity contribution in [3.05, 3.63) is 28.8 Å². The lowest BCUT2D eigenvalue weighted by molar-refractivity contribution is -0.136. The van der Waals surface area contributed by atoms with Gasteiger partial charge in [-0.15, -0.1) is 0 Å². The van der Waals surface area contributed by atoms with Crippen molar-refractivity contribution in [2.24, 2.45) is 0 Å². The van der Waals surface area contributed by atoms with Crippen LogP contribution in [0.1, 0.15) is 12.0 Å². The molecule has 0 unspecified atom stereocenters. The summed E-state index contributed by atoms with van der Waals surface area (Å²) in [5.74, 6) is -1.07. The second kappa shape index (κ2) is 5.48. The van der Waals surface area contributed by atoms with Gasteiger partial charge in [0.15, 0.2) is 0 Å². The molecule has 0 fully saturated rings. The Kier molecular flexibility index (Phi) is 4.50. The fourth-order valence-corrected chi connectivity index (χ4v) is 2.82. The number of nitrogens with one attached hydrogen (secondary N) is 1. The van der Waals surface area contributed by atoms with E-state index in [9.17, 15) is 13.2 Å². The van der Waals surface area contributed by atoms with Gasteiger partial charge in [-0.25, -0.2) is 13.1 Å². The van der Waals surface area contributed by atoms with Crippen LogP contribution in [0.3, 0.4) is 0 Å². The Morgan fingerprint density at radius 1 is 1.47 bits per heavy atom. The van der Waals surface area contributed by atoms with Crippen molar-refractivity contribution >= 4 is 27.6 Å². The average molecular weight is 278 g/mol. The van der Waals surface area contributed by atoms with E-state index in [2.05, 4.69) is 4.72 Å². The summed E-state index contributed by atoms with van der Waals surface area (Å²) in [5, 5.41) is 8.53. The van der Waals surface area contributed by atoms with Crippen LogP contribution in [0.15, 0.2) is 23.1 Å². The molecule has 0 aliphatic rings. The molecule has 1 aromatic carbocycles. The van der Waals surface area contributed by atoms with Crippen LogP contribution in [0.2, 0.25) is 5.02 Å². The highest BCUT2D eigenvalue weighted by Gasteiger charge is 2.17. The second-order valence-corrected chi connectivity index (χ2v) is 5.62. The molecule has 0 aliphatic heterocycles. The van der Waals surface area contributed by atoms with Crippen LogP contribution in [0.5, 0.6) is 0 Å². The van der Waals surface area contributed by atoms with Crippen LogP contribution in [-0.2, 0) is 14.8 Å². The summed E-state index contributed by atoms with van der Waals surface area (Å²) in [6, 6.07) is 4.55. The quantitative estimate of drug-likeness (QED) is 0.852. The summed E-state index contributed by atoms with van der Waals surface area (Å²) in [6.07, 6.45) is -0.275. The zero-order chi connectivity index (χ0) is 13.1. The molecule has 1 aromatic rings. The third kappa shape index (κ3) is 3.99. The van der Waals surface area contributed by atoms with Crippen LogP contribution < -0.4 is 4.72 Å². The van der Waals surface area contributed by atoms with Crippen LogP contribution in [0, 0.1) is 6.92 Å². The van der Waals surface area contributed by atoms with Gasteiger partial charge in [-0.2, -0.15) is 0 Å². The van der Waals surface area contributed by atoms with E-state index in [0.29, 0.717) is 0 Å². The first-order valence-electron chi connectivity index (χ1n) is 4.80. The lowest BCUT2D eigenvalue weighted by atomic mass is 10.2. The van der Waals surface area contributed by atoms with Crippen molar-refractivity contribution in [2.75, 3.05) is 6.54 Å². The molecule has 94 valence electrons. The van der Waals surface area contributed by atoms with E-state index < -0.39 is 16.0 Å². The Hall–Kier alpha value is -1.11. The van der Waals surface area contributed by atoms with Gasteiger partial charge in [-0.05, 0) is 24.6 Å². The Balaban J connectivity index is 2.86. The first-order valence-corrected chi connectivity index (χ1v) is 6.66. The number of carboxylic acids is 1. The van der Waals surface area contributed by atoms with E-state index in [1.807, 2.05) is 0 Å². The molecule has 0 bridgehead atoms. The molecule has 0 amide bonds. The van der Waals surface area contributed by atoms with Crippen LogP contribution >= 0.6 is 11.6 Å². The van der Waals surface area contributed by atoms with Crippen molar-refractivity contribution in [3.8, 4) is 0 Å². The maximum Gasteiger partial charge on any atom is 0.304 e. The Labute approximate surface area is 104 Å². The molecule has 0 atom stereocenters. The summed E-state index contributed by atoms with van der Waals surface area (Å²) < 4.78 is 25.7. The number of aryl methyl sites for hydroxylation is 1. The van der Waals surface area contributed by atoms with Gasteiger partial charge in [0, 0.05) is 6.54 Å². The SMILES string of the molecule is Cc1ccc(S(=O)(=O)NCCC(=O)O)c(Cl)c1. The van der Waals surface area contributed by atoms with E-state index >= 15 is 0 Å². The number of hydrogen-bond acceptors (Lipinski definition) is 3. The molecule has 17 heavy (non-hydrogen) atoms.